The molecule has 0 saturated carbocycles. The van der Waals surface area contributed by atoms with Gasteiger partial charge in [0, 0.05) is 19.3 Å². The number of allylic oxidation sites excluding steroid dienone is 8. The van der Waals surface area contributed by atoms with Crippen LogP contribution in [0.5, 0.6) is 0 Å². The molecule has 0 saturated heterocycles. The normalized spacial score (nSPS) is 12.3. The van der Waals surface area contributed by atoms with E-state index < -0.39 is 6.10 Å². The number of carbonyl (C=O) groups excluding carboxylic acids is 3. The van der Waals surface area contributed by atoms with Crippen LogP contribution in [0.1, 0.15) is 310 Å². The fraction of sp³-hybridized carbons (Fsp3) is 0.823. The van der Waals surface area contributed by atoms with Crippen LogP contribution in [-0.4, -0.2) is 37.2 Å². The lowest BCUT2D eigenvalue weighted by Gasteiger charge is -2.18. The van der Waals surface area contributed by atoms with E-state index in [0.717, 1.165) is 83.5 Å². The lowest BCUT2D eigenvalue weighted by molar-refractivity contribution is -0.167. The Kier molecular flexibility index (Phi) is 54.8. The standard InChI is InChI=1S/C62H112O6/c1-4-7-10-13-16-19-22-25-28-31-34-37-40-43-46-49-52-55-61(64)67-58-59(57-66-60(63)54-51-48-45-42-39-36-33-30-27-24-21-18-15-12-9-6-3)68-62(65)56-53-50-47-44-41-38-35-32-29-26-23-20-17-14-11-8-5-2/h7,10,16,19,25-26,28-29,59H,4-6,8-9,11-15,17-18,20-24,27,30-58H2,1-3H3/b10-7-,19-16-,28-25-,29-26-. The van der Waals surface area contributed by atoms with Gasteiger partial charge in [0.15, 0.2) is 6.10 Å². The van der Waals surface area contributed by atoms with E-state index in [1.54, 1.807) is 0 Å². The van der Waals surface area contributed by atoms with Crippen LogP contribution in [0.4, 0.5) is 0 Å². The summed E-state index contributed by atoms with van der Waals surface area (Å²) in [6.45, 7) is 6.56. The Hall–Kier alpha value is -2.63. The first-order valence-corrected chi connectivity index (χ1v) is 29.6. The minimum Gasteiger partial charge on any atom is -0.462 e. The first kappa shape index (κ1) is 65.4. The fourth-order valence-corrected chi connectivity index (χ4v) is 8.63. The van der Waals surface area contributed by atoms with Crippen molar-refractivity contribution >= 4 is 17.9 Å². The van der Waals surface area contributed by atoms with Gasteiger partial charge in [-0.2, -0.15) is 0 Å². The molecule has 0 rings (SSSR count). The van der Waals surface area contributed by atoms with Gasteiger partial charge in [-0.1, -0.05) is 262 Å². The molecule has 0 spiro atoms. The largest absolute Gasteiger partial charge is 0.462 e. The van der Waals surface area contributed by atoms with Crippen molar-refractivity contribution in [2.45, 2.75) is 316 Å². The molecule has 6 nitrogen and oxygen atoms in total. The second-order valence-corrected chi connectivity index (χ2v) is 19.9. The fourth-order valence-electron chi connectivity index (χ4n) is 8.63. The van der Waals surface area contributed by atoms with E-state index in [4.69, 9.17) is 14.2 Å². The third-order valence-corrected chi connectivity index (χ3v) is 13.1. The van der Waals surface area contributed by atoms with E-state index in [1.165, 1.54) is 186 Å². The van der Waals surface area contributed by atoms with Gasteiger partial charge < -0.3 is 14.2 Å². The molecule has 0 aliphatic carbocycles. The number of rotatable bonds is 54. The minimum atomic E-state index is -0.777. The van der Waals surface area contributed by atoms with E-state index in [9.17, 15) is 14.4 Å². The van der Waals surface area contributed by atoms with Gasteiger partial charge in [-0.05, 0) is 77.0 Å². The Morgan fingerprint density at radius 2 is 0.574 bits per heavy atom. The number of carbonyl (C=O) groups is 3. The minimum absolute atomic E-state index is 0.0747. The highest BCUT2D eigenvalue weighted by Crippen LogP contribution is 2.16. The van der Waals surface area contributed by atoms with Gasteiger partial charge in [0.1, 0.15) is 13.2 Å². The quantitative estimate of drug-likeness (QED) is 0.0262. The molecule has 0 aliphatic rings. The summed E-state index contributed by atoms with van der Waals surface area (Å²) in [6.07, 6.45) is 69.5. The van der Waals surface area contributed by atoms with E-state index in [0.29, 0.717) is 19.3 Å². The summed E-state index contributed by atoms with van der Waals surface area (Å²) in [5.74, 6) is -0.872. The molecule has 0 N–H and O–H groups in total. The van der Waals surface area contributed by atoms with Crippen LogP contribution in [0, 0.1) is 0 Å². The maximum Gasteiger partial charge on any atom is 0.306 e. The summed E-state index contributed by atoms with van der Waals surface area (Å²) < 4.78 is 16.9. The summed E-state index contributed by atoms with van der Waals surface area (Å²) >= 11 is 0. The summed E-state index contributed by atoms with van der Waals surface area (Å²) in [5, 5.41) is 0. The maximum absolute atomic E-state index is 12.9. The van der Waals surface area contributed by atoms with Crippen molar-refractivity contribution in [3.8, 4) is 0 Å². The summed E-state index contributed by atoms with van der Waals surface area (Å²) in [5.41, 5.74) is 0. The molecule has 0 aromatic carbocycles. The highest BCUT2D eigenvalue weighted by Gasteiger charge is 2.19. The average Bonchev–Trinajstić information content (AvgIpc) is 3.34. The van der Waals surface area contributed by atoms with Gasteiger partial charge in [0.25, 0.3) is 0 Å². The number of unbranched alkanes of at least 4 members (excludes halogenated alkanes) is 35. The van der Waals surface area contributed by atoms with Gasteiger partial charge in [0.05, 0.1) is 0 Å². The zero-order valence-electron chi connectivity index (χ0n) is 45.4. The topological polar surface area (TPSA) is 78.9 Å². The third kappa shape index (κ3) is 54.3. The van der Waals surface area contributed by atoms with Crippen LogP contribution < -0.4 is 0 Å². The number of ether oxygens (including phenoxy) is 3. The lowest BCUT2D eigenvalue weighted by atomic mass is 10.0. The highest BCUT2D eigenvalue weighted by molar-refractivity contribution is 5.71. The smallest absolute Gasteiger partial charge is 0.306 e. The van der Waals surface area contributed by atoms with Crippen molar-refractivity contribution in [2.75, 3.05) is 13.2 Å². The van der Waals surface area contributed by atoms with Crippen molar-refractivity contribution in [2.24, 2.45) is 0 Å². The van der Waals surface area contributed by atoms with Crippen molar-refractivity contribution in [3.05, 3.63) is 48.6 Å². The van der Waals surface area contributed by atoms with E-state index in [-0.39, 0.29) is 31.1 Å². The van der Waals surface area contributed by atoms with Gasteiger partial charge in [-0.3, -0.25) is 14.4 Å². The van der Waals surface area contributed by atoms with Crippen LogP contribution in [0.25, 0.3) is 0 Å². The van der Waals surface area contributed by atoms with Gasteiger partial charge in [0.2, 0.25) is 0 Å². The first-order valence-electron chi connectivity index (χ1n) is 29.6. The van der Waals surface area contributed by atoms with Crippen LogP contribution in [0.15, 0.2) is 48.6 Å². The van der Waals surface area contributed by atoms with Crippen LogP contribution >= 0.6 is 0 Å². The SMILES string of the molecule is CC/C=C\C/C=C\C/C=C\CCCCCCCCCC(=O)OCC(COC(=O)CCCCCCCCCCCCCCCCCC)OC(=O)CCCCCCCCC/C=C\CCCCCCCC. The predicted octanol–water partition coefficient (Wildman–Crippen LogP) is 19.8. The van der Waals surface area contributed by atoms with E-state index in [2.05, 4.69) is 69.4 Å². The van der Waals surface area contributed by atoms with Gasteiger partial charge in [-0.15, -0.1) is 0 Å². The molecule has 1 atom stereocenters. The maximum atomic E-state index is 12.9. The Labute approximate surface area is 422 Å². The molecule has 6 heteroatoms. The number of hydrogen-bond donors (Lipinski definition) is 0. The highest BCUT2D eigenvalue weighted by atomic mass is 16.6. The molecule has 0 amide bonds. The Bertz CT molecular complexity index is 1190. The number of hydrogen-bond acceptors (Lipinski definition) is 6. The average molecular weight is 954 g/mol. The molecule has 396 valence electrons. The molecule has 0 radical (unpaired) electrons. The second kappa shape index (κ2) is 57.0. The van der Waals surface area contributed by atoms with Gasteiger partial charge in [-0.25, -0.2) is 0 Å². The Balaban J connectivity index is 4.37. The molecule has 0 bridgehead atoms. The number of esters is 3. The molecular weight excluding hydrogens is 841 g/mol. The zero-order chi connectivity index (χ0) is 49.3. The van der Waals surface area contributed by atoms with Crippen molar-refractivity contribution in [1.82, 2.24) is 0 Å². The molecule has 0 heterocycles. The monoisotopic (exact) mass is 953 g/mol. The summed E-state index contributed by atoms with van der Waals surface area (Å²) in [7, 11) is 0. The van der Waals surface area contributed by atoms with Crippen molar-refractivity contribution < 1.29 is 28.6 Å². The van der Waals surface area contributed by atoms with E-state index >= 15 is 0 Å². The first-order chi connectivity index (χ1) is 33.5. The van der Waals surface area contributed by atoms with Crippen LogP contribution in [0.2, 0.25) is 0 Å². The Morgan fingerprint density at radius 1 is 0.309 bits per heavy atom. The van der Waals surface area contributed by atoms with Crippen molar-refractivity contribution in [3.63, 3.8) is 0 Å². The molecular formula is C62H112O6. The van der Waals surface area contributed by atoms with Gasteiger partial charge >= 0.3 is 17.9 Å². The summed E-state index contributed by atoms with van der Waals surface area (Å²) in [4.78, 5) is 38.2. The molecule has 0 aliphatic heterocycles. The third-order valence-electron chi connectivity index (χ3n) is 13.1. The predicted molar refractivity (Wildman–Crippen MR) is 293 cm³/mol. The molecule has 0 aromatic heterocycles. The van der Waals surface area contributed by atoms with Crippen LogP contribution in [-0.2, 0) is 28.6 Å². The van der Waals surface area contributed by atoms with Crippen molar-refractivity contribution in [1.29, 1.82) is 0 Å². The molecule has 0 aromatic rings. The van der Waals surface area contributed by atoms with E-state index in [1.807, 2.05) is 0 Å². The zero-order valence-corrected chi connectivity index (χ0v) is 45.4. The summed E-state index contributed by atoms with van der Waals surface area (Å²) in [6, 6.07) is 0. The second-order valence-electron chi connectivity index (χ2n) is 19.9. The Morgan fingerprint density at radius 3 is 0.912 bits per heavy atom. The molecule has 68 heavy (non-hydrogen) atoms. The molecule has 0 fully saturated rings. The lowest BCUT2D eigenvalue weighted by Crippen LogP contribution is -2.30. The molecule has 1 unspecified atom stereocenters. The van der Waals surface area contributed by atoms with Crippen LogP contribution in [0.3, 0.4) is 0 Å².